The number of thiophene rings is 1. The maximum Gasteiger partial charge on any atom is 0.0838 e. The summed E-state index contributed by atoms with van der Waals surface area (Å²) in [6.45, 7) is 0. The van der Waals surface area contributed by atoms with Crippen molar-refractivity contribution in [2.45, 2.75) is 12.5 Å². The summed E-state index contributed by atoms with van der Waals surface area (Å²) in [5, 5.41) is 12.6. The lowest BCUT2D eigenvalue weighted by Crippen LogP contribution is -2.00. The largest absolute Gasteiger partial charge is 0.388 e. The average molecular weight is 239 g/mol. The van der Waals surface area contributed by atoms with Crippen molar-refractivity contribution >= 4 is 22.9 Å². The minimum absolute atomic E-state index is 0.470. The van der Waals surface area contributed by atoms with Crippen molar-refractivity contribution in [2.24, 2.45) is 0 Å². The molecule has 1 N–H and O–H groups in total. The Bertz CT molecular complexity index is 425. The van der Waals surface area contributed by atoms with E-state index >= 15 is 0 Å². The zero-order chi connectivity index (χ0) is 10.7. The number of rotatable bonds is 3. The monoisotopic (exact) mass is 238 g/mol. The van der Waals surface area contributed by atoms with Crippen LogP contribution >= 0.6 is 22.9 Å². The standard InChI is InChI=1S/C12H11ClOS/c13-10-4-1-3-9(7-10)12(14)8-11-5-2-6-15-11/h1-7,12,14H,8H2. The predicted octanol–water partition coefficient (Wildman–Crippen LogP) is 3.68. The van der Waals surface area contributed by atoms with Crippen molar-refractivity contribution in [1.29, 1.82) is 0 Å². The van der Waals surface area contributed by atoms with Crippen molar-refractivity contribution in [3.05, 3.63) is 57.2 Å². The Balaban J connectivity index is 2.11. The van der Waals surface area contributed by atoms with E-state index in [4.69, 9.17) is 11.6 Å². The van der Waals surface area contributed by atoms with Gasteiger partial charge in [-0.1, -0.05) is 29.8 Å². The molecule has 0 aliphatic carbocycles. The van der Waals surface area contributed by atoms with E-state index < -0.39 is 6.10 Å². The molecule has 0 radical (unpaired) electrons. The maximum absolute atomic E-state index is 9.96. The van der Waals surface area contributed by atoms with Crippen molar-refractivity contribution in [3.8, 4) is 0 Å². The highest BCUT2D eigenvalue weighted by Crippen LogP contribution is 2.23. The molecule has 0 saturated heterocycles. The van der Waals surface area contributed by atoms with Crippen LogP contribution in [0.5, 0.6) is 0 Å². The summed E-state index contributed by atoms with van der Waals surface area (Å²) in [4.78, 5) is 1.18. The van der Waals surface area contributed by atoms with Crippen molar-refractivity contribution in [2.75, 3.05) is 0 Å². The van der Waals surface area contributed by atoms with Gasteiger partial charge in [0.1, 0.15) is 0 Å². The molecular formula is C12H11ClOS. The second-order valence-corrected chi connectivity index (χ2v) is 4.82. The molecule has 3 heteroatoms. The molecule has 1 atom stereocenters. The van der Waals surface area contributed by atoms with Gasteiger partial charge in [0, 0.05) is 16.3 Å². The van der Waals surface area contributed by atoms with Crippen LogP contribution in [-0.4, -0.2) is 5.11 Å². The molecule has 1 aromatic heterocycles. The van der Waals surface area contributed by atoms with Gasteiger partial charge in [0.25, 0.3) is 0 Å². The third-order valence-corrected chi connectivity index (χ3v) is 3.34. The molecule has 0 aliphatic rings. The van der Waals surface area contributed by atoms with E-state index in [1.165, 1.54) is 4.88 Å². The summed E-state index contributed by atoms with van der Waals surface area (Å²) in [7, 11) is 0. The van der Waals surface area contributed by atoms with Crippen LogP contribution in [0.4, 0.5) is 0 Å². The van der Waals surface area contributed by atoms with Gasteiger partial charge in [0.2, 0.25) is 0 Å². The topological polar surface area (TPSA) is 20.2 Å². The third-order valence-electron chi connectivity index (χ3n) is 2.21. The molecule has 0 aliphatic heterocycles. The van der Waals surface area contributed by atoms with Crippen LogP contribution in [0.3, 0.4) is 0 Å². The molecule has 0 saturated carbocycles. The fourth-order valence-electron chi connectivity index (χ4n) is 1.45. The van der Waals surface area contributed by atoms with Crippen LogP contribution < -0.4 is 0 Å². The highest BCUT2D eigenvalue weighted by Gasteiger charge is 2.09. The summed E-state index contributed by atoms with van der Waals surface area (Å²) >= 11 is 7.52. The summed E-state index contributed by atoms with van der Waals surface area (Å²) < 4.78 is 0. The molecule has 0 spiro atoms. The summed E-state index contributed by atoms with van der Waals surface area (Å²) in [5.74, 6) is 0. The number of aliphatic hydroxyl groups is 1. The summed E-state index contributed by atoms with van der Waals surface area (Å²) in [5.41, 5.74) is 0.871. The first-order valence-electron chi connectivity index (χ1n) is 4.71. The Labute approximate surface area is 98.0 Å². The van der Waals surface area contributed by atoms with Crippen molar-refractivity contribution in [1.82, 2.24) is 0 Å². The van der Waals surface area contributed by atoms with E-state index in [0.29, 0.717) is 11.4 Å². The SMILES string of the molecule is OC(Cc1cccs1)c1cccc(Cl)c1. The minimum Gasteiger partial charge on any atom is -0.388 e. The van der Waals surface area contributed by atoms with Gasteiger partial charge in [0.05, 0.1) is 6.10 Å². The fourth-order valence-corrected chi connectivity index (χ4v) is 2.39. The second kappa shape index (κ2) is 4.79. The number of hydrogen-bond donors (Lipinski definition) is 1. The van der Waals surface area contributed by atoms with E-state index in [1.807, 2.05) is 35.7 Å². The molecule has 1 heterocycles. The normalized spacial score (nSPS) is 12.7. The minimum atomic E-state index is -0.470. The smallest absolute Gasteiger partial charge is 0.0838 e. The molecule has 1 nitrogen and oxygen atoms in total. The number of aliphatic hydroxyl groups excluding tert-OH is 1. The van der Waals surface area contributed by atoms with Crippen LogP contribution in [0.2, 0.25) is 5.02 Å². The third kappa shape index (κ3) is 2.81. The Morgan fingerprint density at radius 3 is 2.80 bits per heavy atom. The summed E-state index contributed by atoms with van der Waals surface area (Å²) in [6.07, 6.45) is 0.181. The zero-order valence-corrected chi connectivity index (χ0v) is 9.63. The van der Waals surface area contributed by atoms with Crippen LogP contribution in [-0.2, 0) is 6.42 Å². The van der Waals surface area contributed by atoms with E-state index in [9.17, 15) is 5.11 Å². The molecule has 2 aromatic rings. The molecule has 2 rings (SSSR count). The lowest BCUT2D eigenvalue weighted by Gasteiger charge is -2.09. The average Bonchev–Trinajstić information content (AvgIpc) is 2.70. The molecule has 1 unspecified atom stereocenters. The highest BCUT2D eigenvalue weighted by atomic mass is 35.5. The van der Waals surface area contributed by atoms with Gasteiger partial charge < -0.3 is 5.11 Å². The number of hydrogen-bond acceptors (Lipinski definition) is 2. The van der Waals surface area contributed by atoms with Gasteiger partial charge in [-0.15, -0.1) is 11.3 Å². The Kier molecular flexibility index (Phi) is 3.41. The Hall–Kier alpha value is -0.830. The van der Waals surface area contributed by atoms with Crippen LogP contribution in [0.1, 0.15) is 16.5 Å². The number of benzene rings is 1. The lowest BCUT2D eigenvalue weighted by molar-refractivity contribution is 0.179. The molecule has 0 bridgehead atoms. The van der Waals surface area contributed by atoms with Gasteiger partial charge in [-0.05, 0) is 29.1 Å². The maximum atomic E-state index is 9.96. The Morgan fingerprint density at radius 2 is 2.13 bits per heavy atom. The van der Waals surface area contributed by atoms with Gasteiger partial charge in [-0.2, -0.15) is 0 Å². The second-order valence-electron chi connectivity index (χ2n) is 3.35. The van der Waals surface area contributed by atoms with Gasteiger partial charge in [-0.25, -0.2) is 0 Å². The molecule has 0 fully saturated rings. The van der Waals surface area contributed by atoms with E-state index in [2.05, 4.69) is 0 Å². The first-order chi connectivity index (χ1) is 7.25. The highest BCUT2D eigenvalue weighted by molar-refractivity contribution is 7.09. The number of halogens is 1. The molecule has 15 heavy (non-hydrogen) atoms. The Morgan fingerprint density at radius 1 is 1.27 bits per heavy atom. The van der Waals surface area contributed by atoms with E-state index in [1.54, 1.807) is 17.4 Å². The summed E-state index contributed by atoms with van der Waals surface area (Å²) in [6, 6.07) is 11.4. The van der Waals surface area contributed by atoms with Crippen molar-refractivity contribution < 1.29 is 5.11 Å². The van der Waals surface area contributed by atoms with Crippen LogP contribution in [0.25, 0.3) is 0 Å². The van der Waals surface area contributed by atoms with Gasteiger partial charge >= 0.3 is 0 Å². The first kappa shape index (κ1) is 10.7. The van der Waals surface area contributed by atoms with Crippen molar-refractivity contribution in [3.63, 3.8) is 0 Å². The molecule has 0 amide bonds. The zero-order valence-electron chi connectivity index (χ0n) is 8.06. The van der Waals surface area contributed by atoms with Gasteiger partial charge in [-0.3, -0.25) is 0 Å². The van der Waals surface area contributed by atoms with E-state index in [-0.39, 0.29) is 0 Å². The lowest BCUT2D eigenvalue weighted by atomic mass is 10.1. The molecular weight excluding hydrogens is 228 g/mol. The molecule has 1 aromatic carbocycles. The van der Waals surface area contributed by atoms with Gasteiger partial charge in [0.15, 0.2) is 0 Å². The predicted molar refractivity (Wildman–Crippen MR) is 64.4 cm³/mol. The van der Waals surface area contributed by atoms with Crippen LogP contribution in [0.15, 0.2) is 41.8 Å². The fraction of sp³-hybridized carbons (Fsp3) is 0.167. The van der Waals surface area contributed by atoms with Crippen LogP contribution in [0, 0.1) is 0 Å². The molecule has 78 valence electrons. The van der Waals surface area contributed by atoms with E-state index in [0.717, 1.165) is 5.56 Å². The first-order valence-corrected chi connectivity index (χ1v) is 5.97. The quantitative estimate of drug-likeness (QED) is 0.865.